The van der Waals surface area contributed by atoms with Crippen molar-refractivity contribution in [2.45, 2.75) is 18.9 Å². The van der Waals surface area contributed by atoms with E-state index in [1.807, 2.05) is 0 Å². The Balaban J connectivity index is 1.94. The van der Waals surface area contributed by atoms with E-state index in [0.717, 1.165) is 17.4 Å². The zero-order valence-electron chi connectivity index (χ0n) is 13.2. The third-order valence-electron chi connectivity index (χ3n) is 4.98. The second kappa shape index (κ2) is 6.01. The van der Waals surface area contributed by atoms with Gasteiger partial charge in [0.25, 0.3) is 0 Å². The van der Waals surface area contributed by atoms with E-state index in [4.69, 9.17) is 0 Å². The summed E-state index contributed by atoms with van der Waals surface area (Å²) in [5.41, 5.74) is 5.69. The molecule has 2 aromatic carbocycles. The Hall–Kier alpha value is -1.80. The molecule has 116 valence electrons. The van der Waals surface area contributed by atoms with E-state index in [9.17, 15) is 0 Å². The molecule has 2 aromatic rings. The van der Waals surface area contributed by atoms with Gasteiger partial charge in [-0.1, -0.05) is 64.5 Å². The lowest BCUT2D eigenvalue weighted by Crippen LogP contribution is -2.16. The molecule has 2 aliphatic rings. The van der Waals surface area contributed by atoms with E-state index in [2.05, 4.69) is 94.6 Å². The number of rotatable bonds is 1. The number of hydrogen-bond donors (Lipinski definition) is 0. The first-order chi connectivity index (χ1) is 11.2. The van der Waals surface area contributed by atoms with E-state index < -0.39 is 0 Å². The second-order valence-corrected chi connectivity index (χ2v) is 7.36. The summed E-state index contributed by atoms with van der Waals surface area (Å²) in [5, 5.41) is 0. The van der Waals surface area contributed by atoms with E-state index in [-0.39, 0.29) is 0 Å². The third-order valence-corrected chi connectivity index (χ3v) is 5.47. The Morgan fingerprint density at radius 3 is 2.74 bits per heavy atom. The summed E-state index contributed by atoms with van der Waals surface area (Å²) in [6.45, 7) is 0.966. The van der Waals surface area contributed by atoms with Crippen molar-refractivity contribution < 1.29 is 0 Å². The van der Waals surface area contributed by atoms with Crippen molar-refractivity contribution in [3.05, 3.63) is 87.9 Å². The fourth-order valence-electron chi connectivity index (χ4n) is 3.92. The second-order valence-electron chi connectivity index (χ2n) is 6.45. The monoisotopic (exact) mass is 365 g/mol. The van der Waals surface area contributed by atoms with Crippen LogP contribution in [0.5, 0.6) is 0 Å². The molecule has 1 nitrogen and oxygen atoms in total. The van der Waals surface area contributed by atoms with Gasteiger partial charge in [0.05, 0.1) is 0 Å². The molecule has 0 radical (unpaired) electrons. The quantitative estimate of drug-likeness (QED) is 0.629. The first kappa shape index (κ1) is 14.8. The molecule has 0 bridgehead atoms. The predicted octanol–water partition coefficient (Wildman–Crippen LogP) is 5.66. The molecule has 4 rings (SSSR count). The van der Waals surface area contributed by atoms with Gasteiger partial charge in [0.15, 0.2) is 0 Å². The van der Waals surface area contributed by atoms with Gasteiger partial charge >= 0.3 is 0 Å². The number of fused-ring (bicyclic) bond motifs is 2. The summed E-state index contributed by atoms with van der Waals surface area (Å²) in [6.07, 6.45) is 10.1. The van der Waals surface area contributed by atoms with Gasteiger partial charge < -0.3 is 4.90 Å². The topological polar surface area (TPSA) is 3.24 Å². The zero-order chi connectivity index (χ0) is 15.8. The van der Waals surface area contributed by atoms with Gasteiger partial charge in [0.2, 0.25) is 0 Å². The molecule has 0 saturated heterocycles. The standard InChI is InChI=1S/C21H20BrN/c1-23-14-16-9-5-6-10-18(16)21(15-7-3-2-4-8-15)19-13-17(22)11-12-20(19)23/h2-7,9-13,15,21H,8,14H2,1H3. The highest BCUT2D eigenvalue weighted by molar-refractivity contribution is 9.10. The minimum atomic E-state index is 0.407. The maximum atomic E-state index is 3.68. The molecule has 0 amide bonds. The van der Waals surface area contributed by atoms with E-state index in [0.29, 0.717) is 11.8 Å². The summed E-state index contributed by atoms with van der Waals surface area (Å²) in [7, 11) is 2.20. The number of benzene rings is 2. The predicted molar refractivity (Wildman–Crippen MR) is 101 cm³/mol. The Morgan fingerprint density at radius 1 is 1.04 bits per heavy atom. The SMILES string of the molecule is CN1Cc2ccccc2C(C2C=CC=CC2)c2cc(Br)ccc21. The molecule has 23 heavy (non-hydrogen) atoms. The first-order valence-electron chi connectivity index (χ1n) is 8.16. The molecule has 0 aromatic heterocycles. The highest BCUT2D eigenvalue weighted by Gasteiger charge is 2.30. The van der Waals surface area contributed by atoms with E-state index in [1.54, 1.807) is 0 Å². The van der Waals surface area contributed by atoms with Gasteiger partial charge in [-0.3, -0.25) is 0 Å². The Bertz CT molecular complexity index is 790. The summed E-state index contributed by atoms with van der Waals surface area (Å²) in [4.78, 5) is 2.38. The van der Waals surface area contributed by atoms with Gasteiger partial charge in [-0.05, 0) is 47.2 Å². The van der Waals surface area contributed by atoms with Crippen molar-refractivity contribution >= 4 is 21.6 Å². The highest BCUT2D eigenvalue weighted by Crippen LogP contribution is 2.45. The lowest BCUT2D eigenvalue weighted by atomic mass is 9.76. The van der Waals surface area contributed by atoms with Gasteiger partial charge in [-0.2, -0.15) is 0 Å². The molecule has 2 atom stereocenters. The van der Waals surface area contributed by atoms with Crippen LogP contribution in [0, 0.1) is 5.92 Å². The number of hydrogen-bond acceptors (Lipinski definition) is 1. The normalized spacial score (nSPS) is 22.4. The summed E-state index contributed by atoms with van der Waals surface area (Å²) < 4.78 is 1.16. The molecule has 1 aliphatic carbocycles. The fourth-order valence-corrected chi connectivity index (χ4v) is 4.30. The van der Waals surface area contributed by atoms with Gasteiger partial charge in [-0.15, -0.1) is 0 Å². The summed E-state index contributed by atoms with van der Waals surface area (Å²) in [6, 6.07) is 15.6. The van der Waals surface area contributed by atoms with Crippen LogP contribution in [0.1, 0.15) is 29.0 Å². The number of allylic oxidation sites excluding steroid dienone is 4. The minimum Gasteiger partial charge on any atom is -0.370 e. The zero-order valence-corrected chi connectivity index (χ0v) is 14.8. The molecule has 0 spiro atoms. The van der Waals surface area contributed by atoms with Gasteiger partial charge in [0.1, 0.15) is 0 Å². The Morgan fingerprint density at radius 2 is 1.91 bits per heavy atom. The number of halogens is 1. The van der Waals surface area contributed by atoms with Crippen molar-refractivity contribution in [3.8, 4) is 0 Å². The van der Waals surface area contributed by atoms with Crippen LogP contribution in [0.3, 0.4) is 0 Å². The molecule has 2 heteroatoms. The van der Waals surface area contributed by atoms with E-state index in [1.165, 1.54) is 22.4 Å². The highest BCUT2D eigenvalue weighted by atomic mass is 79.9. The maximum absolute atomic E-state index is 3.68. The van der Waals surface area contributed by atoms with Crippen molar-refractivity contribution in [1.29, 1.82) is 0 Å². The molecule has 0 N–H and O–H groups in total. The van der Waals surface area contributed by atoms with Crippen LogP contribution in [-0.4, -0.2) is 7.05 Å². The van der Waals surface area contributed by atoms with Crippen molar-refractivity contribution in [2.24, 2.45) is 5.92 Å². The van der Waals surface area contributed by atoms with Crippen LogP contribution in [0.4, 0.5) is 5.69 Å². The van der Waals surface area contributed by atoms with Crippen molar-refractivity contribution in [2.75, 3.05) is 11.9 Å². The maximum Gasteiger partial charge on any atom is 0.0429 e. The molecular formula is C21H20BrN. The van der Waals surface area contributed by atoms with Crippen LogP contribution in [0.25, 0.3) is 0 Å². The van der Waals surface area contributed by atoms with Crippen LogP contribution in [0.2, 0.25) is 0 Å². The van der Waals surface area contributed by atoms with Crippen LogP contribution in [-0.2, 0) is 6.54 Å². The lowest BCUT2D eigenvalue weighted by molar-refractivity contribution is 0.573. The molecule has 0 saturated carbocycles. The average molecular weight is 366 g/mol. The molecule has 1 aliphatic heterocycles. The number of anilines is 1. The molecule has 0 fully saturated rings. The Kier molecular flexibility index (Phi) is 3.86. The van der Waals surface area contributed by atoms with Crippen LogP contribution in [0.15, 0.2) is 71.2 Å². The average Bonchev–Trinajstić information content (AvgIpc) is 2.69. The summed E-state index contributed by atoms with van der Waals surface area (Å²) in [5.74, 6) is 0.922. The molecule has 1 heterocycles. The molecule has 2 unspecified atom stereocenters. The van der Waals surface area contributed by atoms with Crippen molar-refractivity contribution in [1.82, 2.24) is 0 Å². The minimum absolute atomic E-state index is 0.407. The van der Waals surface area contributed by atoms with Gasteiger partial charge in [-0.25, -0.2) is 0 Å². The first-order valence-corrected chi connectivity index (χ1v) is 8.95. The van der Waals surface area contributed by atoms with Crippen molar-refractivity contribution in [3.63, 3.8) is 0 Å². The van der Waals surface area contributed by atoms with E-state index >= 15 is 0 Å². The smallest absolute Gasteiger partial charge is 0.0429 e. The van der Waals surface area contributed by atoms with Crippen LogP contribution >= 0.6 is 15.9 Å². The Labute approximate surface area is 146 Å². The van der Waals surface area contributed by atoms with Crippen LogP contribution < -0.4 is 4.90 Å². The fraction of sp³-hybridized carbons (Fsp3) is 0.238. The summed E-state index contributed by atoms with van der Waals surface area (Å²) >= 11 is 3.68. The largest absolute Gasteiger partial charge is 0.370 e. The molecular weight excluding hydrogens is 346 g/mol. The number of nitrogens with zero attached hydrogens (tertiary/aromatic N) is 1. The third kappa shape index (κ3) is 2.66. The van der Waals surface area contributed by atoms with Gasteiger partial charge in [0, 0.05) is 29.7 Å². The lowest BCUT2D eigenvalue weighted by Gasteiger charge is -2.28.